The number of hydrogen-bond acceptors (Lipinski definition) is 4. The Labute approximate surface area is 118 Å². The molecule has 1 aliphatic rings. The van der Waals surface area contributed by atoms with Crippen LogP contribution in [0.1, 0.15) is 29.4 Å². The number of carbonyl (C=O) groups excluding carboxylic acids is 2. The van der Waals surface area contributed by atoms with Crippen molar-refractivity contribution in [3.8, 4) is 0 Å². The number of amides is 1. The highest BCUT2D eigenvalue weighted by molar-refractivity contribution is 6.02. The van der Waals surface area contributed by atoms with Crippen molar-refractivity contribution >= 4 is 17.6 Å². The van der Waals surface area contributed by atoms with Gasteiger partial charge in [0, 0.05) is 18.4 Å². The van der Waals surface area contributed by atoms with Crippen molar-refractivity contribution in [3.05, 3.63) is 17.5 Å². The average Bonchev–Trinajstić information content (AvgIpc) is 2.96. The highest BCUT2D eigenvalue weighted by atomic mass is 16.5. The second-order valence-electron chi connectivity index (χ2n) is 5.16. The lowest BCUT2D eigenvalue weighted by Gasteiger charge is -2.11. The van der Waals surface area contributed by atoms with Gasteiger partial charge in [0.2, 0.25) is 5.91 Å². The molecule has 20 heavy (non-hydrogen) atoms. The molecule has 2 heterocycles. The quantitative estimate of drug-likeness (QED) is 0.817. The molecule has 0 bridgehead atoms. The fraction of sp³-hybridized carbons (Fsp3) is 0.571. The Morgan fingerprint density at radius 3 is 2.90 bits per heavy atom. The summed E-state index contributed by atoms with van der Waals surface area (Å²) >= 11 is 0. The van der Waals surface area contributed by atoms with Gasteiger partial charge in [-0.2, -0.15) is 0 Å². The van der Waals surface area contributed by atoms with Gasteiger partial charge in [0.15, 0.2) is 0 Å². The van der Waals surface area contributed by atoms with Crippen LogP contribution >= 0.6 is 0 Å². The summed E-state index contributed by atoms with van der Waals surface area (Å²) < 4.78 is 5.01. The van der Waals surface area contributed by atoms with Gasteiger partial charge < -0.3 is 19.9 Å². The molecule has 0 aliphatic carbocycles. The van der Waals surface area contributed by atoms with E-state index in [2.05, 4.69) is 15.2 Å². The van der Waals surface area contributed by atoms with Gasteiger partial charge in [-0.15, -0.1) is 0 Å². The Bertz CT molecular complexity index is 510. The lowest BCUT2D eigenvalue weighted by atomic mass is 10.1. The van der Waals surface area contributed by atoms with Gasteiger partial charge in [0.05, 0.1) is 18.2 Å². The van der Waals surface area contributed by atoms with Crippen LogP contribution in [0.3, 0.4) is 0 Å². The van der Waals surface area contributed by atoms with E-state index in [1.54, 1.807) is 20.0 Å². The third-order valence-corrected chi connectivity index (χ3v) is 3.58. The predicted molar refractivity (Wildman–Crippen MR) is 75.7 cm³/mol. The smallest absolute Gasteiger partial charge is 0.342 e. The number of likely N-dealkylation sites (tertiary alicyclic amines) is 1. The number of rotatable bonds is 4. The number of ether oxygens (including phenoxy) is 1. The minimum absolute atomic E-state index is 0.0229. The Hall–Kier alpha value is -1.82. The van der Waals surface area contributed by atoms with E-state index >= 15 is 0 Å². The molecule has 1 fully saturated rings. The van der Waals surface area contributed by atoms with Crippen molar-refractivity contribution < 1.29 is 14.3 Å². The lowest BCUT2D eigenvalue weighted by molar-refractivity contribution is -0.119. The zero-order valence-electron chi connectivity index (χ0n) is 12.2. The van der Waals surface area contributed by atoms with E-state index < -0.39 is 5.97 Å². The largest absolute Gasteiger partial charge is 0.462 e. The number of carbonyl (C=O) groups is 2. The van der Waals surface area contributed by atoms with Gasteiger partial charge in [-0.05, 0) is 33.9 Å². The summed E-state index contributed by atoms with van der Waals surface area (Å²) in [7, 11) is 2.00. The summed E-state index contributed by atoms with van der Waals surface area (Å²) in [5.41, 5.74) is 1.61. The summed E-state index contributed by atoms with van der Waals surface area (Å²) in [4.78, 5) is 29.2. The number of H-pyrrole nitrogens is 1. The van der Waals surface area contributed by atoms with Crippen molar-refractivity contribution in [2.24, 2.45) is 5.92 Å². The van der Waals surface area contributed by atoms with Gasteiger partial charge in [-0.25, -0.2) is 4.79 Å². The molecule has 1 atom stereocenters. The van der Waals surface area contributed by atoms with Gasteiger partial charge in [0.1, 0.15) is 5.56 Å². The zero-order chi connectivity index (χ0) is 14.7. The van der Waals surface area contributed by atoms with Crippen molar-refractivity contribution in [1.29, 1.82) is 0 Å². The van der Waals surface area contributed by atoms with E-state index in [4.69, 9.17) is 4.74 Å². The summed E-state index contributed by atoms with van der Waals surface area (Å²) in [6, 6.07) is 0. The molecule has 1 aromatic heterocycles. The SMILES string of the molecule is CCOC(=O)c1c(NC(=O)C2CCN(C)C2)c[nH]c1C. The molecule has 1 aromatic rings. The number of aryl methyl sites for hydroxylation is 1. The summed E-state index contributed by atoms with van der Waals surface area (Å²) in [5.74, 6) is -0.478. The Morgan fingerprint density at radius 2 is 2.30 bits per heavy atom. The number of aromatic nitrogens is 1. The molecule has 6 nitrogen and oxygen atoms in total. The van der Waals surface area contributed by atoms with E-state index in [-0.39, 0.29) is 11.8 Å². The molecule has 1 saturated heterocycles. The highest BCUT2D eigenvalue weighted by Gasteiger charge is 2.28. The number of aromatic amines is 1. The van der Waals surface area contributed by atoms with Crippen LogP contribution in [0.15, 0.2) is 6.20 Å². The van der Waals surface area contributed by atoms with Crippen molar-refractivity contribution in [3.63, 3.8) is 0 Å². The molecule has 0 radical (unpaired) electrons. The molecule has 1 amide bonds. The van der Waals surface area contributed by atoms with Crippen molar-refractivity contribution in [2.75, 3.05) is 32.1 Å². The maximum atomic E-state index is 12.2. The molecule has 6 heteroatoms. The topological polar surface area (TPSA) is 74.4 Å². The summed E-state index contributed by atoms with van der Waals surface area (Å²) in [6.45, 7) is 5.53. The Morgan fingerprint density at radius 1 is 1.55 bits per heavy atom. The first-order valence-corrected chi connectivity index (χ1v) is 6.87. The average molecular weight is 279 g/mol. The number of nitrogens with zero attached hydrogens (tertiary/aromatic N) is 1. The molecular formula is C14H21N3O3. The van der Waals surface area contributed by atoms with Gasteiger partial charge in [-0.1, -0.05) is 0 Å². The van der Waals surface area contributed by atoms with Crippen molar-refractivity contribution in [2.45, 2.75) is 20.3 Å². The fourth-order valence-electron chi connectivity index (χ4n) is 2.48. The molecule has 2 N–H and O–H groups in total. The third-order valence-electron chi connectivity index (χ3n) is 3.58. The van der Waals surface area contributed by atoms with Crippen molar-refractivity contribution in [1.82, 2.24) is 9.88 Å². The number of esters is 1. The van der Waals surface area contributed by atoms with Crippen LogP contribution in [0.4, 0.5) is 5.69 Å². The first-order chi connectivity index (χ1) is 9.52. The fourth-order valence-corrected chi connectivity index (χ4v) is 2.48. The summed E-state index contributed by atoms with van der Waals surface area (Å²) in [6.07, 6.45) is 2.48. The third kappa shape index (κ3) is 3.01. The van der Waals surface area contributed by atoms with Gasteiger partial charge in [0.25, 0.3) is 0 Å². The molecule has 0 saturated carbocycles. The number of hydrogen-bond donors (Lipinski definition) is 2. The van der Waals surface area contributed by atoms with Crippen LogP contribution in [0.2, 0.25) is 0 Å². The molecule has 110 valence electrons. The first-order valence-electron chi connectivity index (χ1n) is 6.87. The van der Waals surface area contributed by atoms with Crippen LogP contribution in [-0.2, 0) is 9.53 Å². The zero-order valence-corrected chi connectivity index (χ0v) is 12.2. The van der Waals surface area contributed by atoms with Crippen LogP contribution < -0.4 is 5.32 Å². The second-order valence-corrected chi connectivity index (χ2v) is 5.16. The standard InChI is InChI=1S/C14H21N3O3/c1-4-20-14(19)12-9(2)15-7-11(12)16-13(18)10-5-6-17(3)8-10/h7,10,15H,4-6,8H2,1-3H3,(H,16,18). The molecule has 1 aliphatic heterocycles. The molecule has 2 rings (SSSR count). The Balaban J connectivity index is 2.09. The van der Waals surface area contributed by atoms with Gasteiger partial charge >= 0.3 is 5.97 Å². The molecule has 1 unspecified atom stereocenters. The van der Waals surface area contributed by atoms with E-state index in [9.17, 15) is 9.59 Å². The van der Waals surface area contributed by atoms with Crippen LogP contribution in [0, 0.1) is 12.8 Å². The lowest BCUT2D eigenvalue weighted by Crippen LogP contribution is -2.26. The molecule has 0 spiro atoms. The van der Waals surface area contributed by atoms with Crippen LogP contribution in [0.5, 0.6) is 0 Å². The monoisotopic (exact) mass is 279 g/mol. The maximum Gasteiger partial charge on any atom is 0.342 e. The van der Waals surface area contributed by atoms with Crippen LogP contribution in [-0.4, -0.2) is 48.5 Å². The number of anilines is 1. The number of nitrogens with one attached hydrogen (secondary N) is 2. The molecule has 0 aromatic carbocycles. The normalized spacial score (nSPS) is 19.1. The van der Waals surface area contributed by atoms with E-state index in [1.807, 2.05) is 7.05 Å². The van der Waals surface area contributed by atoms with E-state index in [0.717, 1.165) is 19.5 Å². The summed E-state index contributed by atoms with van der Waals surface area (Å²) in [5, 5.41) is 2.84. The molecular weight excluding hydrogens is 258 g/mol. The van der Waals surface area contributed by atoms with E-state index in [1.165, 1.54) is 0 Å². The minimum atomic E-state index is -0.412. The second kappa shape index (κ2) is 6.09. The van der Waals surface area contributed by atoms with E-state index in [0.29, 0.717) is 23.6 Å². The Kier molecular flexibility index (Phi) is 4.44. The highest BCUT2D eigenvalue weighted by Crippen LogP contribution is 2.23. The predicted octanol–water partition coefficient (Wildman–Crippen LogP) is 1.39. The van der Waals surface area contributed by atoms with Gasteiger partial charge in [-0.3, -0.25) is 4.79 Å². The maximum absolute atomic E-state index is 12.2. The first kappa shape index (κ1) is 14.6. The minimum Gasteiger partial charge on any atom is -0.462 e. The van der Waals surface area contributed by atoms with Crippen LogP contribution in [0.25, 0.3) is 0 Å².